The molecule has 1 heterocycles. The fourth-order valence-electron chi connectivity index (χ4n) is 4.63. The van der Waals surface area contributed by atoms with Gasteiger partial charge in [0.1, 0.15) is 0 Å². The zero-order chi connectivity index (χ0) is 32.9. The van der Waals surface area contributed by atoms with Crippen LogP contribution in [0.4, 0.5) is 4.79 Å². The molecule has 3 amide bonds. The summed E-state index contributed by atoms with van der Waals surface area (Å²) < 4.78 is 13.4. The monoisotopic (exact) mass is 700 g/mol. The van der Waals surface area contributed by atoms with Crippen LogP contribution in [-0.4, -0.2) is 104 Å². The van der Waals surface area contributed by atoms with E-state index in [4.69, 9.17) is 9.47 Å². The number of likely N-dealkylation sites (tertiary alicyclic amines) is 1. The Morgan fingerprint density at radius 1 is 1.09 bits per heavy atom. The number of methoxy groups -OCH3 is 1. The van der Waals surface area contributed by atoms with E-state index in [9.17, 15) is 24.0 Å². The van der Waals surface area contributed by atoms with Crippen LogP contribution < -0.4 is 15.0 Å². The summed E-state index contributed by atoms with van der Waals surface area (Å²) in [5.74, 6) is -0.853. The van der Waals surface area contributed by atoms with E-state index in [1.54, 1.807) is 32.5 Å². The van der Waals surface area contributed by atoms with Crippen molar-refractivity contribution in [2.45, 2.75) is 96.5 Å². The Labute approximate surface area is 272 Å². The average molecular weight is 700 g/mol. The molecule has 0 radical (unpaired) electrons. The second-order valence-corrected chi connectivity index (χ2v) is 14.6. The van der Waals surface area contributed by atoms with E-state index < -0.39 is 62.9 Å². The molecule has 5 atom stereocenters. The molecule has 0 saturated carbocycles. The maximum atomic E-state index is 13.6. The van der Waals surface area contributed by atoms with E-state index in [-0.39, 0.29) is 22.9 Å². The molecule has 13 heteroatoms. The molecule has 0 unspecified atom stereocenters. The number of hydrogen-bond acceptors (Lipinski definition) is 9. The third-order valence-corrected chi connectivity index (χ3v) is 9.70. The number of carbonyl (C=O) groups is 5. The van der Waals surface area contributed by atoms with Crippen LogP contribution in [0.3, 0.4) is 0 Å². The summed E-state index contributed by atoms with van der Waals surface area (Å²) in [6.45, 7) is 9.55. The number of amides is 3. The van der Waals surface area contributed by atoms with Gasteiger partial charge in [-0.3, -0.25) is 0 Å². The van der Waals surface area contributed by atoms with Crippen LogP contribution in [0.25, 0.3) is 0 Å². The molecule has 1 fully saturated rings. The van der Waals surface area contributed by atoms with E-state index in [2.05, 4.69) is 15.0 Å². The Bertz CT molecular complexity index is 1120. The van der Waals surface area contributed by atoms with Gasteiger partial charge in [0.25, 0.3) is 0 Å². The third-order valence-electron chi connectivity index (χ3n) is 7.26. The predicted octanol–water partition coefficient (Wildman–Crippen LogP) is 2.67. The molecule has 2 rings (SSSR count). The number of nitrogens with zero attached hydrogens (tertiary/aromatic N) is 1. The van der Waals surface area contributed by atoms with Crippen LogP contribution in [0, 0.1) is 5.92 Å². The first kappa shape index (κ1) is 37.6. The van der Waals surface area contributed by atoms with Gasteiger partial charge in [-0.2, -0.15) is 0 Å². The Morgan fingerprint density at radius 3 is 2.36 bits per heavy atom. The summed E-state index contributed by atoms with van der Waals surface area (Å²) in [6.07, 6.45) is 3.87. The molecule has 1 aliphatic rings. The molecule has 0 bridgehead atoms. The van der Waals surface area contributed by atoms with Crippen molar-refractivity contribution in [3.8, 4) is 0 Å². The summed E-state index contributed by atoms with van der Waals surface area (Å²) in [4.78, 5) is 67.0. The third kappa shape index (κ3) is 12.1. The Morgan fingerprint density at radius 2 is 1.77 bits per heavy atom. The number of esters is 1. The van der Waals surface area contributed by atoms with Crippen LogP contribution >= 0.6 is 11.8 Å². The van der Waals surface area contributed by atoms with Crippen molar-refractivity contribution in [2.24, 2.45) is 5.92 Å². The molecule has 44 heavy (non-hydrogen) atoms. The fraction of sp³-hybridized carbons (Fsp3) is 0.645. The second kappa shape index (κ2) is 18.4. The molecule has 1 aromatic rings. The Hall–Kier alpha value is -2.60. The minimum atomic E-state index is -0.886. The van der Waals surface area contributed by atoms with Crippen molar-refractivity contribution >= 4 is 55.5 Å². The van der Waals surface area contributed by atoms with Gasteiger partial charge >= 0.3 is 273 Å². The van der Waals surface area contributed by atoms with Crippen LogP contribution in [-0.2, 0) is 35.1 Å². The van der Waals surface area contributed by atoms with Gasteiger partial charge in [-0.1, -0.05) is 0 Å². The Balaban J connectivity index is 2.11. The number of thioether (sulfide) groups is 1. The zero-order valence-corrected chi connectivity index (χ0v) is 29.4. The van der Waals surface area contributed by atoms with E-state index in [0.29, 0.717) is 38.0 Å². The van der Waals surface area contributed by atoms with E-state index in [0.717, 1.165) is 5.56 Å². The van der Waals surface area contributed by atoms with Gasteiger partial charge in [-0.25, -0.2) is 0 Å². The quantitative estimate of drug-likeness (QED) is 0.175. The summed E-state index contributed by atoms with van der Waals surface area (Å²) in [5, 5.41) is 5.71. The number of nitrogens with one attached hydrogen (secondary N) is 3. The number of hydrogen-bond donors (Lipinski definition) is 3. The van der Waals surface area contributed by atoms with Gasteiger partial charge in [0.15, 0.2) is 0 Å². The first-order valence-electron chi connectivity index (χ1n) is 15.0. The van der Waals surface area contributed by atoms with Crippen molar-refractivity contribution in [2.75, 3.05) is 25.7 Å². The van der Waals surface area contributed by atoms with Gasteiger partial charge in [-0.05, 0) is 0 Å². The van der Waals surface area contributed by atoms with Gasteiger partial charge in [-0.15, -0.1) is 0 Å². The number of ether oxygens (including phenoxy) is 2. The normalized spacial score (nSPS) is 17.6. The van der Waals surface area contributed by atoms with Crippen LogP contribution in [0.2, 0.25) is 0 Å². The number of rotatable bonds is 16. The first-order valence-corrected chi connectivity index (χ1v) is 18.1. The molecule has 11 nitrogen and oxygen atoms in total. The fourth-order valence-corrected chi connectivity index (χ4v) is 6.99. The summed E-state index contributed by atoms with van der Waals surface area (Å²) in [6, 6.07) is 6.22. The number of benzene rings is 1. The van der Waals surface area contributed by atoms with Gasteiger partial charge in [0.05, 0.1) is 0 Å². The van der Waals surface area contributed by atoms with E-state index >= 15 is 0 Å². The Kier molecular flexibility index (Phi) is 15.7. The molecular formula is C31H48N4O7SSe. The molecule has 1 aliphatic heterocycles. The first-order chi connectivity index (χ1) is 20.8. The van der Waals surface area contributed by atoms with Gasteiger partial charge in [0.2, 0.25) is 0 Å². The van der Waals surface area contributed by atoms with Crippen molar-refractivity contribution in [3.05, 3.63) is 35.9 Å². The molecule has 0 aromatic heterocycles. The van der Waals surface area contributed by atoms with Crippen molar-refractivity contribution in [3.63, 3.8) is 0 Å². The molecule has 3 N–H and O–H groups in total. The van der Waals surface area contributed by atoms with Crippen molar-refractivity contribution in [1.82, 2.24) is 19.9 Å². The van der Waals surface area contributed by atoms with Gasteiger partial charge in [0, 0.05) is 0 Å². The minimum absolute atomic E-state index is 0.167. The molecular weight excluding hydrogens is 651 g/mol. The SMILES string of the molecule is CC[C@H](C)[C@H](NC(=O)[C@@H]1CCCN1C(=O)OC(C)(C)C)C(=O)[Se]N[C@@H](CCSC)C(=O)N[C@@H](Cc1ccccc1)C(=O)OC. The molecule has 246 valence electrons. The van der Waals surface area contributed by atoms with Crippen molar-refractivity contribution < 1.29 is 33.4 Å². The standard InChI is InChI=1S/C31H48N4O7SSe/c1-8-20(2)25(33-27(37)24-15-12-17-35(24)30(40)42-31(3,4)5)29(39)44-34-22(16-18-43-7)26(36)32-23(28(38)41-6)19-21-13-10-9-11-14-21/h9-11,13-14,20,22-25,34H,8,12,15-19H2,1-7H3,(H,32,36)(H,33,37)/t20-,22-,23-,24-,25-/m0/s1. The van der Waals surface area contributed by atoms with Gasteiger partial charge < -0.3 is 0 Å². The number of carbonyl (C=O) groups excluding carboxylic acids is 5. The summed E-state index contributed by atoms with van der Waals surface area (Å²) in [5.41, 5.74) is 0.178. The predicted molar refractivity (Wildman–Crippen MR) is 172 cm³/mol. The van der Waals surface area contributed by atoms with Crippen molar-refractivity contribution in [1.29, 1.82) is 0 Å². The summed E-state index contributed by atoms with van der Waals surface area (Å²) >= 11 is 0.709. The maximum absolute atomic E-state index is 13.6. The summed E-state index contributed by atoms with van der Waals surface area (Å²) in [7, 11) is 1.28. The average Bonchev–Trinajstić information content (AvgIpc) is 3.49. The molecule has 1 aromatic carbocycles. The zero-order valence-electron chi connectivity index (χ0n) is 26.8. The van der Waals surface area contributed by atoms with Crippen LogP contribution in [0.5, 0.6) is 0 Å². The van der Waals surface area contributed by atoms with Crippen LogP contribution in [0.1, 0.15) is 65.9 Å². The van der Waals surface area contributed by atoms with E-state index in [1.807, 2.05) is 50.4 Å². The molecule has 0 aliphatic carbocycles. The molecule has 0 spiro atoms. The molecule has 1 saturated heterocycles. The van der Waals surface area contributed by atoms with Crippen LogP contribution in [0.15, 0.2) is 30.3 Å². The topological polar surface area (TPSA) is 143 Å². The van der Waals surface area contributed by atoms with E-state index in [1.165, 1.54) is 12.0 Å². The second-order valence-electron chi connectivity index (χ2n) is 11.9.